The summed E-state index contributed by atoms with van der Waals surface area (Å²) in [5.74, 6) is 1.29. The van der Waals surface area contributed by atoms with E-state index in [-0.39, 0.29) is 11.4 Å². The van der Waals surface area contributed by atoms with E-state index in [0.29, 0.717) is 17.4 Å². The molecule has 0 N–H and O–H groups in total. The van der Waals surface area contributed by atoms with Crippen LogP contribution in [0.25, 0.3) is 0 Å². The van der Waals surface area contributed by atoms with Gasteiger partial charge in [0, 0.05) is 30.9 Å². The molecule has 1 aromatic heterocycles. The molecule has 1 amide bonds. The Hall–Kier alpha value is -2.27. The van der Waals surface area contributed by atoms with E-state index in [9.17, 15) is 4.79 Å². The van der Waals surface area contributed by atoms with E-state index >= 15 is 0 Å². The summed E-state index contributed by atoms with van der Waals surface area (Å²) in [6.07, 6.45) is 3.24. The zero-order chi connectivity index (χ0) is 19.0. The number of piperidine rings is 1. The van der Waals surface area contributed by atoms with Crippen molar-refractivity contribution in [3.05, 3.63) is 59.2 Å². The normalized spacial score (nSPS) is 22.3. The topological polar surface area (TPSA) is 49.3 Å². The number of hydrogen-bond donors (Lipinski definition) is 0. The van der Waals surface area contributed by atoms with Crippen LogP contribution in [0.5, 0.6) is 0 Å². The number of likely N-dealkylation sites (tertiary alicyclic amines) is 2. The van der Waals surface area contributed by atoms with Crippen molar-refractivity contribution in [1.29, 1.82) is 0 Å². The molecule has 142 valence electrons. The fourth-order valence-electron chi connectivity index (χ4n) is 4.85. The lowest BCUT2D eigenvalue weighted by atomic mass is 9.81. The first-order chi connectivity index (χ1) is 13.0. The maximum Gasteiger partial charge on any atom is 0.272 e. The number of aryl methyl sites for hydroxylation is 2. The molecule has 1 atom stereocenters. The second-order valence-corrected chi connectivity index (χ2v) is 8.15. The maximum absolute atomic E-state index is 12.9. The van der Waals surface area contributed by atoms with E-state index < -0.39 is 0 Å². The molecule has 1 unspecified atom stereocenters. The molecule has 1 spiro atoms. The van der Waals surface area contributed by atoms with Gasteiger partial charge in [-0.2, -0.15) is 0 Å². The van der Waals surface area contributed by atoms with E-state index in [4.69, 9.17) is 0 Å². The first-order valence-electron chi connectivity index (χ1n) is 9.85. The zero-order valence-corrected chi connectivity index (χ0v) is 16.5. The van der Waals surface area contributed by atoms with Gasteiger partial charge in [0.1, 0.15) is 11.5 Å². The second kappa shape index (κ2) is 7.04. The highest BCUT2D eigenvalue weighted by Gasteiger charge is 2.46. The molecular weight excluding hydrogens is 336 g/mol. The summed E-state index contributed by atoms with van der Waals surface area (Å²) < 4.78 is 0. The van der Waals surface area contributed by atoms with Crippen molar-refractivity contribution in [3.8, 4) is 0 Å². The van der Waals surface area contributed by atoms with Gasteiger partial charge in [0.2, 0.25) is 0 Å². The second-order valence-electron chi connectivity index (χ2n) is 8.15. The average molecular weight is 364 g/mol. The Kier molecular flexibility index (Phi) is 4.72. The van der Waals surface area contributed by atoms with E-state index in [2.05, 4.69) is 52.2 Å². The highest BCUT2D eigenvalue weighted by molar-refractivity contribution is 5.92. The number of carbonyl (C=O) groups excluding carboxylic acids is 1. The quantitative estimate of drug-likeness (QED) is 0.821. The van der Waals surface area contributed by atoms with Crippen LogP contribution in [0.15, 0.2) is 36.4 Å². The molecule has 0 aliphatic carbocycles. The number of likely N-dealkylation sites (N-methyl/N-ethyl adjacent to an activating group) is 1. The van der Waals surface area contributed by atoms with E-state index in [1.54, 1.807) is 6.07 Å². The van der Waals surface area contributed by atoms with E-state index in [1.165, 1.54) is 12.0 Å². The van der Waals surface area contributed by atoms with Gasteiger partial charge in [-0.15, -0.1) is 0 Å². The first-order valence-corrected chi connectivity index (χ1v) is 9.85. The summed E-state index contributed by atoms with van der Waals surface area (Å²) in [5.41, 5.74) is 3.03. The van der Waals surface area contributed by atoms with Crippen LogP contribution in [0.1, 0.15) is 52.8 Å². The molecule has 0 saturated carbocycles. The molecule has 4 rings (SSSR count). The van der Waals surface area contributed by atoms with Gasteiger partial charge in [0.15, 0.2) is 0 Å². The van der Waals surface area contributed by atoms with Crippen LogP contribution >= 0.6 is 0 Å². The van der Waals surface area contributed by atoms with E-state index in [0.717, 1.165) is 38.2 Å². The number of nitrogens with zero attached hydrogens (tertiary/aromatic N) is 4. The molecule has 5 heteroatoms. The van der Waals surface area contributed by atoms with Crippen LogP contribution in [0.4, 0.5) is 0 Å². The van der Waals surface area contributed by atoms with E-state index in [1.807, 2.05) is 18.7 Å². The molecular formula is C22H28N4O. The number of aromatic nitrogens is 2. The minimum absolute atomic E-state index is 0.0405. The van der Waals surface area contributed by atoms with Crippen LogP contribution in [0.2, 0.25) is 0 Å². The minimum Gasteiger partial charge on any atom is -0.337 e. The van der Waals surface area contributed by atoms with Gasteiger partial charge in [-0.05, 0) is 57.7 Å². The van der Waals surface area contributed by atoms with Gasteiger partial charge < -0.3 is 4.90 Å². The fraction of sp³-hybridized carbons (Fsp3) is 0.500. The maximum atomic E-state index is 12.9. The predicted molar refractivity (Wildman–Crippen MR) is 106 cm³/mol. The molecule has 1 aromatic carbocycles. The monoisotopic (exact) mass is 364 g/mol. The Balaban J connectivity index is 1.44. The van der Waals surface area contributed by atoms with Gasteiger partial charge in [-0.25, -0.2) is 9.97 Å². The number of benzene rings is 1. The van der Waals surface area contributed by atoms with Crippen LogP contribution in [-0.2, 0) is 0 Å². The predicted octanol–water partition coefficient (Wildman–Crippen LogP) is 3.19. The molecule has 3 heterocycles. The lowest BCUT2D eigenvalue weighted by Gasteiger charge is -2.43. The lowest BCUT2D eigenvalue weighted by molar-refractivity contribution is 0.0487. The average Bonchev–Trinajstić information content (AvgIpc) is 2.98. The molecule has 5 nitrogen and oxygen atoms in total. The molecule has 2 aliphatic heterocycles. The molecule has 2 saturated heterocycles. The van der Waals surface area contributed by atoms with Crippen molar-refractivity contribution in [2.24, 2.45) is 0 Å². The zero-order valence-electron chi connectivity index (χ0n) is 16.5. The third kappa shape index (κ3) is 3.48. The first kappa shape index (κ1) is 18.1. The van der Waals surface area contributed by atoms with Gasteiger partial charge in [-0.3, -0.25) is 9.69 Å². The Labute approximate surface area is 161 Å². The lowest BCUT2D eigenvalue weighted by Crippen LogP contribution is -2.52. The molecule has 2 aromatic rings. The summed E-state index contributed by atoms with van der Waals surface area (Å²) in [6, 6.07) is 12.6. The third-order valence-corrected chi connectivity index (χ3v) is 6.37. The molecule has 0 bridgehead atoms. The van der Waals surface area contributed by atoms with Crippen molar-refractivity contribution in [1.82, 2.24) is 19.8 Å². The van der Waals surface area contributed by atoms with Crippen molar-refractivity contribution >= 4 is 5.91 Å². The van der Waals surface area contributed by atoms with Gasteiger partial charge >= 0.3 is 0 Å². The van der Waals surface area contributed by atoms with Gasteiger partial charge in [0.05, 0.1) is 0 Å². The largest absolute Gasteiger partial charge is 0.337 e. The molecule has 2 aliphatic rings. The van der Waals surface area contributed by atoms with Crippen LogP contribution in [0, 0.1) is 13.8 Å². The number of hydrogen-bond acceptors (Lipinski definition) is 4. The molecule has 27 heavy (non-hydrogen) atoms. The highest BCUT2D eigenvalue weighted by Crippen LogP contribution is 2.44. The van der Waals surface area contributed by atoms with Gasteiger partial charge in [-0.1, -0.05) is 30.3 Å². The van der Waals surface area contributed by atoms with Crippen LogP contribution in [-0.4, -0.2) is 57.9 Å². The number of amides is 1. The van der Waals surface area contributed by atoms with Crippen LogP contribution in [0.3, 0.4) is 0 Å². The minimum atomic E-state index is 0.0405. The Morgan fingerprint density at radius 2 is 1.81 bits per heavy atom. The fourth-order valence-corrected chi connectivity index (χ4v) is 4.85. The Morgan fingerprint density at radius 1 is 1.11 bits per heavy atom. The number of carbonyl (C=O) groups is 1. The summed E-state index contributed by atoms with van der Waals surface area (Å²) in [6.45, 7) is 6.45. The number of rotatable bonds is 2. The Morgan fingerprint density at radius 3 is 2.48 bits per heavy atom. The highest BCUT2D eigenvalue weighted by atomic mass is 16.2. The summed E-state index contributed by atoms with van der Waals surface area (Å²) >= 11 is 0. The summed E-state index contributed by atoms with van der Waals surface area (Å²) in [5, 5.41) is 0. The Bertz CT molecular complexity index is 807. The molecule has 2 fully saturated rings. The summed E-state index contributed by atoms with van der Waals surface area (Å²) in [7, 11) is 2.25. The van der Waals surface area contributed by atoms with Crippen molar-refractivity contribution < 1.29 is 4.79 Å². The SMILES string of the molecule is Cc1cc(C(=O)N2CCC3(CC2)CC(c2ccccc2)CN3C)nc(C)n1. The van der Waals surface area contributed by atoms with Crippen molar-refractivity contribution in [3.63, 3.8) is 0 Å². The van der Waals surface area contributed by atoms with Crippen molar-refractivity contribution in [2.75, 3.05) is 26.7 Å². The van der Waals surface area contributed by atoms with Crippen molar-refractivity contribution in [2.45, 2.75) is 44.6 Å². The molecule has 0 radical (unpaired) electrons. The van der Waals surface area contributed by atoms with Crippen LogP contribution < -0.4 is 0 Å². The standard InChI is InChI=1S/C22H28N4O/c1-16-13-20(24-17(2)23-16)21(27)26-11-9-22(10-12-26)14-19(15-25(22)3)18-7-5-4-6-8-18/h4-8,13,19H,9-12,14-15H2,1-3H3. The van der Waals surface area contributed by atoms with Gasteiger partial charge in [0.25, 0.3) is 5.91 Å². The smallest absolute Gasteiger partial charge is 0.272 e. The third-order valence-electron chi connectivity index (χ3n) is 6.37. The summed E-state index contributed by atoms with van der Waals surface area (Å²) in [4.78, 5) is 26.0.